The smallest absolute Gasteiger partial charge is 0.326 e. The van der Waals surface area contributed by atoms with Gasteiger partial charge in [-0.15, -0.1) is 11.8 Å². The Balaban J connectivity index is 2.90. The summed E-state index contributed by atoms with van der Waals surface area (Å²) in [6.45, 7) is 7.98. The molecule has 0 aliphatic rings. The molecule has 116 valence electrons. The third-order valence-corrected chi connectivity index (χ3v) is 3.89. The van der Waals surface area contributed by atoms with Gasteiger partial charge in [-0.05, 0) is 24.5 Å². The van der Waals surface area contributed by atoms with Gasteiger partial charge in [0.2, 0.25) is 0 Å². The first-order chi connectivity index (χ1) is 9.81. The molecule has 1 atom stereocenters. The molecule has 2 N–H and O–H groups in total. The number of carbonyl (C=O) groups is 2. The summed E-state index contributed by atoms with van der Waals surface area (Å²) in [5.74, 6) is -1.12. The van der Waals surface area contributed by atoms with Crippen LogP contribution in [0.4, 0.5) is 0 Å². The average Bonchev–Trinajstić information content (AvgIpc) is 2.37. The van der Waals surface area contributed by atoms with Crippen LogP contribution < -0.4 is 5.32 Å². The number of hydrogen-bond donors (Lipinski definition) is 2. The summed E-state index contributed by atoms with van der Waals surface area (Å²) in [6.07, 6.45) is 0.417. The fourth-order valence-electron chi connectivity index (χ4n) is 1.94. The lowest BCUT2D eigenvalue weighted by molar-refractivity contribution is -0.139. The Morgan fingerprint density at radius 1 is 1.19 bits per heavy atom. The molecule has 0 aromatic heterocycles. The van der Waals surface area contributed by atoms with Gasteiger partial charge in [-0.25, -0.2) is 4.79 Å². The van der Waals surface area contributed by atoms with Gasteiger partial charge in [-0.2, -0.15) is 0 Å². The van der Waals surface area contributed by atoms with E-state index in [1.165, 1.54) is 0 Å². The summed E-state index contributed by atoms with van der Waals surface area (Å²) in [7, 11) is 0. The van der Waals surface area contributed by atoms with Crippen molar-refractivity contribution < 1.29 is 14.7 Å². The summed E-state index contributed by atoms with van der Waals surface area (Å²) >= 11 is 1.59. The maximum Gasteiger partial charge on any atom is 0.326 e. The van der Waals surface area contributed by atoms with Crippen LogP contribution in [-0.4, -0.2) is 28.3 Å². The standard InChI is InChI=1S/C16H23NO3S/c1-10(2)9-13(16(19)20)17-15(18)12-7-5-6-8-14(12)21-11(3)4/h5-8,10-11,13H,9H2,1-4H3,(H,17,18)(H,19,20)/t13-/m1/s1. The maximum atomic E-state index is 12.4. The van der Waals surface area contributed by atoms with Crippen LogP contribution >= 0.6 is 11.8 Å². The van der Waals surface area contributed by atoms with Gasteiger partial charge < -0.3 is 10.4 Å². The van der Waals surface area contributed by atoms with Crippen LogP contribution in [0.2, 0.25) is 0 Å². The van der Waals surface area contributed by atoms with Crippen molar-refractivity contribution in [2.45, 2.75) is 50.3 Å². The van der Waals surface area contributed by atoms with E-state index in [1.807, 2.05) is 26.0 Å². The molecule has 0 fully saturated rings. The van der Waals surface area contributed by atoms with Gasteiger partial charge >= 0.3 is 5.97 Å². The van der Waals surface area contributed by atoms with Crippen LogP contribution in [0.5, 0.6) is 0 Å². The molecule has 1 amide bonds. The van der Waals surface area contributed by atoms with E-state index in [2.05, 4.69) is 19.2 Å². The second kappa shape index (κ2) is 8.08. The van der Waals surface area contributed by atoms with E-state index in [-0.39, 0.29) is 11.8 Å². The molecule has 21 heavy (non-hydrogen) atoms. The van der Waals surface area contributed by atoms with Crippen molar-refractivity contribution in [3.8, 4) is 0 Å². The molecule has 0 bridgehead atoms. The van der Waals surface area contributed by atoms with Crippen molar-refractivity contribution in [3.63, 3.8) is 0 Å². The fraction of sp³-hybridized carbons (Fsp3) is 0.500. The summed E-state index contributed by atoms with van der Waals surface area (Å²) in [4.78, 5) is 24.5. The van der Waals surface area contributed by atoms with Crippen LogP contribution in [0.25, 0.3) is 0 Å². The van der Waals surface area contributed by atoms with Gasteiger partial charge in [-0.1, -0.05) is 39.8 Å². The molecule has 1 rings (SSSR count). The SMILES string of the molecule is CC(C)C[C@@H](NC(=O)c1ccccc1SC(C)C)C(=O)O. The molecule has 0 aliphatic heterocycles. The topological polar surface area (TPSA) is 66.4 Å². The number of hydrogen-bond acceptors (Lipinski definition) is 3. The Morgan fingerprint density at radius 3 is 2.33 bits per heavy atom. The number of rotatable bonds is 7. The number of carboxylic acids is 1. The first kappa shape index (κ1) is 17.6. The normalized spacial score (nSPS) is 12.5. The van der Waals surface area contributed by atoms with Crippen LogP contribution in [0.3, 0.4) is 0 Å². The van der Waals surface area contributed by atoms with E-state index >= 15 is 0 Å². The highest BCUT2D eigenvalue weighted by atomic mass is 32.2. The number of amides is 1. The van der Waals surface area contributed by atoms with Crippen LogP contribution in [0.15, 0.2) is 29.2 Å². The van der Waals surface area contributed by atoms with Crippen molar-refractivity contribution in [3.05, 3.63) is 29.8 Å². The van der Waals surface area contributed by atoms with E-state index in [0.717, 1.165) is 4.90 Å². The Bertz CT molecular complexity index is 500. The van der Waals surface area contributed by atoms with Gasteiger partial charge in [0, 0.05) is 10.1 Å². The zero-order chi connectivity index (χ0) is 16.0. The lowest BCUT2D eigenvalue weighted by Gasteiger charge is -2.18. The van der Waals surface area contributed by atoms with E-state index in [9.17, 15) is 14.7 Å². The quantitative estimate of drug-likeness (QED) is 0.757. The minimum absolute atomic E-state index is 0.201. The molecule has 0 aliphatic carbocycles. The number of carboxylic acid groups (broad SMARTS) is 1. The third-order valence-electron chi connectivity index (χ3n) is 2.80. The first-order valence-corrected chi connectivity index (χ1v) is 7.98. The predicted octanol–water partition coefficient (Wildman–Crippen LogP) is 3.42. The number of nitrogens with one attached hydrogen (secondary N) is 1. The lowest BCUT2D eigenvalue weighted by atomic mass is 10.0. The summed E-state index contributed by atoms with van der Waals surface area (Å²) in [5, 5.41) is 12.2. The van der Waals surface area contributed by atoms with E-state index in [0.29, 0.717) is 17.2 Å². The van der Waals surface area contributed by atoms with Crippen molar-refractivity contribution in [1.82, 2.24) is 5.32 Å². The van der Waals surface area contributed by atoms with Crippen molar-refractivity contribution in [1.29, 1.82) is 0 Å². The third kappa shape index (κ3) is 5.79. The molecular formula is C16H23NO3S. The van der Waals surface area contributed by atoms with Gasteiger partial charge in [0.1, 0.15) is 6.04 Å². The highest BCUT2D eigenvalue weighted by molar-refractivity contribution is 8.00. The van der Waals surface area contributed by atoms with Crippen LogP contribution in [0.1, 0.15) is 44.5 Å². The average molecular weight is 309 g/mol. The second-order valence-electron chi connectivity index (χ2n) is 5.66. The number of thioether (sulfide) groups is 1. The van der Waals surface area contributed by atoms with E-state index < -0.39 is 12.0 Å². The van der Waals surface area contributed by atoms with Crippen molar-refractivity contribution in [2.75, 3.05) is 0 Å². The van der Waals surface area contributed by atoms with Crippen molar-refractivity contribution >= 4 is 23.6 Å². The predicted molar refractivity (Wildman–Crippen MR) is 85.8 cm³/mol. The number of benzene rings is 1. The van der Waals surface area contributed by atoms with Gasteiger partial charge in [-0.3, -0.25) is 4.79 Å². The molecule has 4 nitrogen and oxygen atoms in total. The molecule has 0 spiro atoms. The molecule has 1 aromatic rings. The first-order valence-electron chi connectivity index (χ1n) is 7.10. The molecule has 0 saturated heterocycles. The minimum atomic E-state index is -0.994. The Morgan fingerprint density at radius 2 is 1.81 bits per heavy atom. The molecule has 5 heteroatoms. The van der Waals surface area contributed by atoms with Gasteiger partial charge in [0.15, 0.2) is 0 Å². The largest absolute Gasteiger partial charge is 0.480 e. The molecule has 0 saturated carbocycles. The fourth-order valence-corrected chi connectivity index (χ4v) is 2.89. The monoisotopic (exact) mass is 309 g/mol. The summed E-state index contributed by atoms with van der Waals surface area (Å²) in [6, 6.07) is 6.43. The van der Waals surface area contributed by atoms with Crippen molar-refractivity contribution in [2.24, 2.45) is 5.92 Å². The zero-order valence-electron chi connectivity index (χ0n) is 12.9. The maximum absolute atomic E-state index is 12.4. The Labute approximate surface area is 130 Å². The molecule has 1 aromatic carbocycles. The molecule has 0 unspecified atom stereocenters. The summed E-state index contributed by atoms with van der Waals surface area (Å²) < 4.78 is 0. The number of carbonyl (C=O) groups excluding carboxylic acids is 1. The van der Waals surface area contributed by atoms with Gasteiger partial charge in [0.25, 0.3) is 5.91 Å². The molecule has 0 radical (unpaired) electrons. The minimum Gasteiger partial charge on any atom is -0.480 e. The van der Waals surface area contributed by atoms with Crippen LogP contribution in [0, 0.1) is 5.92 Å². The highest BCUT2D eigenvalue weighted by Gasteiger charge is 2.23. The zero-order valence-corrected chi connectivity index (χ0v) is 13.7. The van der Waals surface area contributed by atoms with E-state index in [4.69, 9.17) is 0 Å². The highest BCUT2D eigenvalue weighted by Crippen LogP contribution is 2.26. The Kier molecular flexibility index (Phi) is 6.75. The molecule has 0 heterocycles. The Hall–Kier alpha value is -1.49. The molecular weight excluding hydrogens is 286 g/mol. The summed E-state index contributed by atoms with van der Waals surface area (Å²) in [5.41, 5.74) is 0.534. The number of aliphatic carboxylic acids is 1. The van der Waals surface area contributed by atoms with Gasteiger partial charge in [0.05, 0.1) is 5.56 Å². The lowest BCUT2D eigenvalue weighted by Crippen LogP contribution is -2.41. The van der Waals surface area contributed by atoms with E-state index in [1.54, 1.807) is 23.9 Å². The second-order valence-corrected chi connectivity index (χ2v) is 7.27. The van der Waals surface area contributed by atoms with Crippen LogP contribution in [-0.2, 0) is 4.79 Å².